The van der Waals surface area contributed by atoms with Gasteiger partial charge in [-0.3, -0.25) is 0 Å². The number of halogens is 2. The van der Waals surface area contributed by atoms with Crippen molar-refractivity contribution in [1.29, 1.82) is 0 Å². The highest BCUT2D eigenvalue weighted by Crippen LogP contribution is 2.46. The normalized spacial score (nSPS) is 15.3. The van der Waals surface area contributed by atoms with Crippen LogP contribution < -0.4 is 0 Å². The van der Waals surface area contributed by atoms with Crippen LogP contribution in [0.4, 0.5) is 8.78 Å². The average molecular weight is 306 g/mol. The second-order valence-corrected chi connectivity index (χ2v) is 6.18. The van der Waals surface area contributed by atoms with Crippen molar-refractivity contribution in [2.75, 3.05) is 0 Å². The SMILES string of the molecule is Cc1ccc(CC2c3ccccc3-c3cc(F)c(F)cc32)cc1. The molecule has 0 aliphatic heterocycles. The first kappa shape index (κ1) is 14.1. The first-order chi connectivity index (χ1) is 11.1. The zero-order valence-corrected chi connectivity index (χ0v) is 12.8. The molecule has 0 bridgehead atoms. The maximum atomic E-state index is 13.8. The minimum atomic E-state index is -0.783. The van der Waals surface area contributed by atoms with Crippen LogP contribution in [0, 0.1) is 18.6 Å². The largest absolute Gasteiger partial charge is 0.204 e. The van der Waals surface area contributed by atoms with Crippen LogP contribution in [-0.4, -0.2) is 0 Å². The summed E-state index contributed by atoms with van der Waals surface area (Å²) in [5, 5.41) is 0. The molecule has 0 radical (unpaired) electrons. The van der Waals surface area contributed by atoms with E-state index in [4.69, 9.17) is 0 Å². The Morgan fingerprint density at radius 3 is 2.26 bits per heavy atom. The van der Waals surface area contributed by atoms with E-state index in [1.54, 1.807) is 0 Å². The minimum Gasteiger partial charge on any atom is -0.204 e. The van der Waals surface area contributed by atoms with Crippen molar-refractivity contribution in [3.05, 3.63) is 94.6 Å². The van der Waals surface area contributed by atoms with Crippen molar-refractivity contribution in [2.24, 2.45) is 0 Å². The third kappa shape index (κ3) is 2.35. The lowest BCUT2D eigenvalue weighted by molar-refractivity contribution is 0.507. The minimum absolute atomic E-state index is 0.0685. The van der Waals surface area contributed by atoms with E-state index in [1.165, 1.54) is 23.3 Å². The summed E-state index contributed by atoms with van der Waals surface area (Å²) in [6.07, 6.45) is 0.787. The Morgan fingerprint density at radius 1 is 0.783 bits per heavy atom. The van der Waals surface area contributed by atoms with Crippen LogP contribution in [0.5, 0.6) is 0 Å². The fourth-order valence-electron chi connectivity index (χ4n) is 3.48. The third-order valence-corrected chi connectivity index (χ3v) is 4.65. The van der Waals surface area contributed by atoms with Gasteiger partial charge in [0.2, 0.25) is 0 Å². The summed E-state index contributed by atoms with van der Waals surface area (Å²) in [7, 11) is 0. The van der Waals surface area contributed by atoms with E-state index >= 15 is 0 Å². The predicted octanol–water partition coefficient (Wildman–Crippen LogP) is 5.63. The van der Waals surface area contributed by atoms with Crippen LogP contribution in [0.3, 0.4) is 0 Å². The quantitative estimate of drug-likeness (QED) is 0.575. The molecule has 1 aliphatic rings. The fourth-order valence-corrected chi connectivity index (χ4v) is 3.48. The van der Waals surface area contributed by atoms with E-state index in [1.807, 2.05) is 18.2 Å². The molecule has 1 aliphatic carbocycles. The van der Waals surface area contributed by atoms with Crippen molar-refractivity contribution >= 4 is 0 Å². The van der Waals surface area contributed by atoms with Gasteiger partial charge in [-0.25, -0.2) is 8.78 Å². The molecule has 23 heavy (non-hydrogen) atoms. The average Bonchev–Trinajstić information content (AvgIpc) is 2.84. The van der Waals surface area contributed by atoms with Crippen LogP contribution in [0.15, 0.2) is 60.7 Å². The number of aryl methyl sites for hydroxylation is 1. The number of rotatable bonds is 2. The van der Waals surface area contributed by atoms with Gasteiger partial charge in [0.25, 0.3) is 0 Å². The van der Waals surface area contributed by atoms with E-state index in [0.717, 1.165) is 28.7 Å². The number of benzene rings is 3. The lowest BCUT2D eigenvalue weighted by Crippen LogP contribution is -2.02. The van der Waals surface area contributed by atoms with Gasteiger partial charge in [-0.15, -0.1) is 0 Å². The molecule has 3 aromatic carbocycles. The van der Waals surface area contributed by atoms with Crippen molar-refractivity contribution in [3.8, 4) is 11.1 Å². The van der Waals surface area contributed by atoms with Gasteiger partial charge in [0.15, 0.2) is 11.6 Å². The molecule has 1 unspecified atom stereocenters. The summed E-state index contributed by atoms with van der Waals surface area (Å²) in [5.74, 6) is -1.49. The van der Waals surface area contributed by atoms with Gasteiger partial charge in [-0.1, -0.05) is 54.1 Å². The van der Waals surface area contributed by atoms with Crippen LogP contribution in [-0.2, 0) is 6.42 Å². The smallest absolute Gasteiger partial charge is 0.159 e. The number of fused-ring (bicyclic) bond motifs is 3. The summed E-state index contributed by atoms with van der Waals surface area (Å²) in [6.45, 7) is 2.06. The molecule has 2 heteroatoms. The molecule has 114 valence electrons. The monoisotopic (exact) mass is 306 g/mol. The summed E-state index contributed by atoms with van der Waals surface area (Å²) >= 11 is 0. The number of hydrogen-bond donors (Lipinski definition) is 0. The molecule has 0 nitrogen and oxygen atoms in total. The van der Waals surface area contributed by atoms with Crippen molar-refractivity contribution in [2.45, 2.75) is 19.3 Å². The second-order valence-electron chi connectivity index (χ2n) is 6.18. The molecule has 0 aromatic heterocycles. The van der Waals surface area contributed by atoms with Crippen LogP contribution in [0.25, 0.3) is 11.1 Å². The topological polar surface area (TPSA) is 0 Å². The lowest BCUT2D eigenvalue weighted by atomic mass is 9.90. The molecular weight excluding hydrogens is 290 g/mol. The van der Waals surface area contributed by atoms with E-state index in [-0.39, 0.29) is 5.92 Å². The third-order valence-electron chi connectivity index (χ3n) is 4.65. The van der Waals surface area contributed by atoms with Crippen molar-refractivity contribution < 1.29 is 8.78 Å². The molecule has 3 aromatic rings. The van der Waals surface area contributed by atoms with Gasteiger partial charge in [0.05, 0.1) is 0 Å². The molecular formula is C21H16F2. The molecule has 0 saturated carbocycles. The van der Waals surface area contributed by atoms with E-state index in [0.29, 0.717) is 0 Å². The Kier molecular flexibility index (Phi) is 3.26. The molecule has 4 rings (SSSR count). The highest BCUT2D eigenvalue weighted by Gasteiger charge is 2.30. The lowest BCUT2D eigenvalue weighted by Gasteiger charge is -2.14. The first-order valence-corrected chi connectivity index (χ1v) is 7.77. The molecule has 0 amide bonds. The maximum absolute atomic E-state index is 13.8. The van der Waals surface area contributed by atoms with Gasteiger partial charge in [-0.05, 0) is 53.3 Å². The Bertz CT molecular complexity index is 879. The Morgan fingerprint density at radius 2 is 1.48 bits per heavy atom. The first-order valence-electron chi connectivity index (χ1n) is 7.77. The number of hydrogen-bond acceptors (Lipinski definition) is 0. The van der Waals surface area contributed by atoms with Gasteiger partial charge >= 0.3 is 0 Å². The molecule has 0 spiro atoms. The highest BCUT2D eigenvalue weighted by molar-refractivity contribution is 5.79. The Balaban J connectivity index is 1.83. The van der Waals surface area contributed by atoms with Gasteiger partial charge in [0.1, 0.15) is 0 Å². The zero-order valence-electron chi connectivity index (χ0n) is 12.8. The van der Waals surface area contributed by atoms with Crippen LogP contribution in [0.2, 0.25) is 0 Å². The summed E-state index contributed by atoms with van der Waals surface area (Å²) in [6, 6.07) is 19.1. The van der Waals surface area contributed by atoms with Crippen LogP contribution in [0.1, 0.15) is 28.2 Å². The molecule has 1 atom stereocenters. The van der Waals surface area contributed by atoms with E-state index in [2.05, 4.69) is 37.3 Å². The summed E-state index contributed by atoms with van der Waals surface area (Å²) < 4.78 is 27.5. The van der Waals surface area contributed by atoms with Crippen LogP contribution >= 0.6 is 0 Å². The second kappa shape index (κ2) is 5.31. The van der Waals surface area contributed by atoms with Gasteiger partial charge in [0, 0.05) is 5.92 Å². The molecule has 0 saturated heterocycles. The predicted molar refractivity (Wildman–Crippen MR) is 88.5 cm³/mol. The van der Waals surface area contributed by atoms with Gasteiger partial charge < -0.3 is 0 Å². The standard InChI is InChI=1S/C21H16F2/c1-13-6-8-14(9-7-13)10-17-15-4-2-3-5-16(15)18-11-20(22)21(23)12-19(17)18/h2-9,11-12,17H,10H2,1H3. The fraction of sp³-hybridized carbons (Fsp3) is 0.143. The van der Waals surface area contributed by atoms with E-state index < -0.39 is 11.6 Å². The molecule has 0 heterocycles. The summed E-state index contributed by atoms with van der Waals surface area (Å²) in [5.41, 5.74) is 6.27. The Hall–Kier alpha value is -2.48. The highest BCUT2D eigenvalue weighted by atomic mass is 19.2. The zero-order chi connectivity index (χ0) is 16.0. The molecule has 0 N–H and O–H groups in total. The van der Waals surface area contributed by atoms with E-state index in [9.17, 15) is 8.78 Å². The summed E-state index contributed by atoms with van der Waals surface area (Å²) in [4.78, 5) is 0. The maximum Gasteiger partial charge on any atom is 0.159 e. The van der Waals surface area contributed by atoms with Gasteiger partial charge in [-0.2, -0.15) is 0 Å². The van der Waals surface area contributed by atoms with Crippen molar-refractivity contribution in [1.82, 2.24) is 0 Å². The van der Waals surface area contributed by atoms with Crippen molar-refractivity contribution in [3.63, 3.8) is 0 Å². The Labute approximate surface area is 134 Å². The molecule has 0 fully saturated rings.